The van der Waals surface area contributed by atoms with E-state index in [1.54, 1.807) is 18.5 Å². The van der Waals surface area contributed by atoms with Crippen LogP contribution in [0.15, 0.2) is 18.6 Å². The Hall–Kier alpha value is -2.48. The summed E-state index contributed by atoms with van der Waals surface area (Å²) in [5, 5.41) is 28.5. The van der Waals surface area contributed by atoms with Crippen LogP contribution in [0.3, 0.4) is 0 Å². The van der Waals surface area contributed by atoms with Crippen LogP contribution in [-0.2, 0) is 6.42 Å². The number of carbonyl (C=O) groups excluding carboxylic acids is 1. The summed E-state index contributed by atoms with van der Waals surface area (Å²) in [5.74, 6) is 0.999. The zero-order valence-corrected chi connectivity index (χ0v) is 15.0. The van der Waals surface area contributed by atoms with Crippen molar-refractivity contribution in [2.45, 2.75) is 51.0 Å². The molecule has 8 nitrogen and oxygen atoms in total. The molecule has 0 aliphatic heterocycles. The van der Waals surface area contributed by atoms with Crippen LogP contribution in [0, 0.1) is 11.1 Å². The van der Waals surface area contributed by atoms with E-state index in [0.29, 0.717) is 28.1 Å². The number of carbonyl (C=O) groups is 1. The molecule has 8 heteroatoms. The molecule has 2 aromatic rings. The molecule has 26 heavy (non-hydrogen) atoms. The quantitative estimate of drug-likeness (QED) is 0.623. The second kappa shape index (κ2) is 6.05. The minimum Gasteiger partial charge on any atom is -0.619 e. The van der Waals surface area contributed by atoms with E-state index in [1.165, 1.54) is 25.0 Å². The number of amides is 1. The lowest BCUT2D eigenvalue weighted by Gasteiger charge is -2.23. The van der Waals surface area contributed by atoms with Crippen LogP contribution in [0.5, 0.6) is 0 Å². The SMILES string of the molecule is CC(C)(CO)NC(=O)c1nn(-c2c[n+]([O-])ccn2)c2c1CC1CCCC21. The lowest BCUT2D eigenvalue weighted by molar-refractivity contribution is -0.605. The van der Waals surface area contributed by atoms with E-state index in [-0.39, 0.29) is 12.5 Å². The molecule has 1 amide bonds. The molecule has 4 rings (SSSR count). The molecule has 1 fully saturated rings. The van der Waals surface area contributed by atoms with Crippen LogP contribution in [0.4, 0.5) is 0 Å². The summed E-state index contributed by atoms with van der Waals surface area (Å²) in [6, 6.07) is 0. The molecule has 1 saturated carbocycles. The highest BCUT2D eigenvalue weighted by molar-refractivity contribution is 5.95. The van der Waals surface area contributed by atoms with Gasteiger partial charge < -0.3 is 15.6 Å². The van der Waals surface area contributed by atoms with Gasteiger partial charge in [0.05, 0.1) is 24.0 Å². The van der Waals surface area contributed by atoms with Crippen LogP contribution in [0.1, 0.15) is 60.8 Å². The van der Waals surface area contributed by atoms with Crippen molar-refractivity contribution in [2.75, 3.05) is 6.61 Å². The first-order chi connectivity index (χ1) is 12.4. The summed E-state index contributed by atoms with van der Waals surface area (Å²) in [6.07, 6.45) is 8.34. The molecule has 2 unspecified atom stereocenters. The van der Waals surface area contributed by atoms with Gasteiger partial charge in [0.25, 0.3) is 5.91 Å². The van der Waals surface area contributed by atoms with Crippen molar-refractivity contribution < 1.29 is 14.6 Å². The van der Waals surface area contributed by atoms with Crippen LogP contribution in [-0.4, -0.2) is 37.9 Å². The van der Waals surface area contributed by atoms with Gasteiger partial charge in [-0.25, -0.2) is 9.67 Å². The standard InChI is InChI=1S/C18H23N5O3/c1-18(2,10-24)20-17(25)15-13-8-11-4-3-5-12(11)16(13)23(21-15)14-9-22(26)7-6-19-14/h6-7,9,11-12,24H,3-5,8,10H2,1-2H3,(H,20,25). The summed E-state index contributed by atoms with van der Waals surface area (Å²) < 4.78 is 2.35. The average molecular weight is 357 g/mol. The van der Waals surface area contributed by atoms with Crippen molar-refractivity contribution >= 4 is 5.91 Å². The third-order valence-corrected chi connectivity index (χ3v) is 5.44. The zero-order valence-electron chi connectivity index (χ0n) is 15.0. The predicted molar refractivity (Wildman–Crippen MR) is 92.7 cm³/mol. The smallest absolute Gasteiger partial charge is 0.272 e. The summed E-state index contributed by atoms with van der Waals surface area (Å²) in [7, 11) is 0. The van der Waals surface area contributed by atoms with Crippen molar-refractivity contribution in [1.29, 1.82) is 0 Å². The Morgan fingerprint density at radius 2 is 2.31 bits per heavy atom. The molecular weight excluding hydrogens is 334 g/mol. The van der Waals surface area contributed by atoms with Crippen molar-refractivity contribution in [3.05, 3.63) is 40.7 Å². The second-order valence-electron chi connectivity index (χ2n) is 7.90. The van der Waals surface area contributed by atoms with E-state index in [0.717, 1.165) is 30.5 Å². The molecule has 2 aliphatic rings. The first kappa shape index (κ1) is 17.0. The van der Waals surface area contributed by atoms with E-state index in [4.69, 9.17) is 0 Å². The molecule has 0 saturated heterocycles. The highest BCUT2D eigenvalue weighted by Crippen LogP contribution is 2.49. The summed E-state index contributed by atoms with van der Waals surface area (Å²) in [4.78, 5) is 17.1. The number of rotatable bonds is 4. The first-order valence-corrected chi connectivity index (χ1v) is 9.00. The van der Waals surface area contributed by atoms with E-state index in [9.17, 15) is 15.1 Å². The number of aromatic nitrogens is 4. The molecule has 0 bridgehead atoms. The Morgan fingerprint density at radius 3 is 3.04 bits per heavy atom. The monoisotopic (exact) mass is 357 g/mol. The number of fused-ring (bicyclic) bond motifs is 3. The Labute approximate surface area is 151 Å². The van der Waals surface area contributed by atoms with Gasteiger partial charge in [-0.2, -0.15) is 9.83 Å². The topological polar surface area (TPSA) is 107 Å². The van der Waals surface area contributed by atoms with Gasteiger partial charge in [-0.1, -0.05) is 6.42 Å². The Bertz CT molecular complexity index is 861. The maximum Gasteiger partial charge on any atom is 0.272 e. The fraction of sp³-hybridized carbons (Fsp3) is 0.556. The van der Waals surface area contributed by atoms with Crippen LogP contribution >= 0.6 is 0 Å². The van der Waals surface area contributed by atoms with Crippen molar-refractivity contribution in [1.82, 2.24) is 20.1 Å². The van der Waals surface area contributed by atoms with Crippen molar-refractivity contribution in [3.8, 4) is 5.82 Å². The van der Waals surface area contributed by atoms with Gasteiger partial charge in [-0.15, -0.1) is 0 Å². The number of aliphatic hydroxyl groups excluding tert-OH is 1. The minimum absolute atomic E-state index is 0.163. The van der Waals surface area contributed by atoms with Crippen LogP contribution < -0.4 is 10.0 Å². The Balaban J connectivity index is 1.80. The molecule has 2 N–H and O–H groups in total. The normalized spacial score (nSPS) is 21.5. The average Bonchev–Trinajstić information content (AvgIpc) is 3.25. The Morgan fingerprint density at radius 1 is 1.50 bits per heavy atom. The summed E-state index contributed by atoms with van der Waals surface area (Å²) in [6.45, 7) is 3.36. The lowest BCUT2D eigenvalue weighted by Crippen LogP contribution is -2.46. The number of hydrogen-bond donors (Lipinski definition) is 2. The molecule has 138 valence electrons. The fourth-order valence-corrected chi connectivity index (χ4v) is 4.19. The molecule has 0 radical (unpaired) electrons. The molecule has 2 atom stereocenters. The second-order valence-corrected chi connectivity index (χ2v) is 7.90. The van der Waals surface area contributed by atoms with Gasteiger partial charge in [-0.3, -0.25) is 4.79 Å². The lowest BCUT2D eigenvalue weighted by atomic mass is 9.99. The summed E-state index contributed by atoms with van der Waals surface area (Å²) >= 11 is 0. The maximum atomic E-state index is 12.8. The minimum atomic E-state index is -0.731. The van der Waals surface area contributed by atoms with E-state index in [1.807, 2.05) is 0 Å². The summed E-state index contributed by atoms with van der Waals surface area (Å²) in [5.41, 5.74) is 1.61. The molecule has 2 aliphatic carbocycles. The molecule has 0 spiro atoms. The van der Waals surface area contributed by atoms with E-state index in [2.05, 4.69) is 15.4 Å². The molecule has 2 aromatic heterocycles. The van der Waals surface area contributed by atoms with Gasteiger partial charge >= 0.3 is 0 Å². The van der Waals surface area contributed by atoms with Crippen LogP contribution in [0.25, 0.3) is 5.82 Å². The van der Waals surface area contributed by atoms with E-state index < -0.39 is 5.54 Å². The number of nitrogens with zero attached hydrogens (tertiary/aromatic N) is 4. The predicted octanol–water partition coefficient (Wildman–Crippen LogP) is 0.841. The van der Waals surface area contributed by atoms with Crippen molar-refractivity contribution in [3.63, 3.8) is 0 Å². The number of aliphatic hydroxyl groups is 1. The zero-order chi connectivity index (χ0) is 18.5. The van der Waals surface area contributed by atoms with Crippen LogP contribution in [0.2, 0.25) is 0 Å². The molecule has 0 aromatic carbocycles. The largest absolute Gasteiger partial charge is 0.619 e. The first-order valence-electron chi connectivity index (χ1n) is 9.00. The number of hydrogen-bond acceptors (Lipinski definition) is 5. The van der Waals surface area contributed by atoms with Gasteiger partial charge in [0.2, 0.25) is 12.0 Å². The third kappa shape index (κ3) is 2.74. The highest BCUT2D eigenvalue weighted by atomic mass is 16.5. The third-order valence-electron chi connectivity index (χ3n) is 5.44. The maximum absolute atomic E-state index is 12.8. The van der Waals surface area contributed by atoms with Gasteiger partial charge in [0.15, 0.2) is 11.9 Å². The highest BCUT2D eigenvalue weighted by Gasteiger charge is 2.43. The van der Waals surface area contributed by atoms with Crippen molar-refractivity contribution in [2.24, 2.45) is 5.92 Å². The number of nitrogens with one attached hydrogen (secondary N) is 1. The van der Waals surface area contributed by atoms with Gasteiger partial charge in [0, 0.05) is 11.5 Å². The van der Waals surface area contributed by atoms with Gasteiger partial charge in [0.1, 0.15) is 0 Å². The fourth-order valence-electron chi connectivity index (χ4n) is 4.19. The van der Waals surface area contributed by atoms with Gasteiger partial charge in [-0.05, 0) is 39.0 Å². The van der Waals surface area contributed by atoms with E-state index >= 15 is 0 Å². The molecule has 2 heterocycles. The Kier molecular flexibility index (Phi) is 3.95. The molecular formula is C18H23N5O3.